The van der Waals surface area contributed by atoms with Gasteiger partial charge in [-0.25, -0.2) is 5.43 Å². The lowest BCUT2D eigenvalue weighted by Gasteiger charge is -2.27. The number of anilines is 1. The molecule has 26 heavy (non-hydrogen) atoms. The van der Waals surface area contributed by atoms with Crippen molar-refractivity contribution in [3.05, 3.63) is 41.3 Å². The fourth-order valence-electron chi connectivity index (χ4n) is 2.75. The molecule has 1 aromatic carbocycles. The molecule has 7 nitrogen and oxygen atoms in total. The van der Waals surface area contributed by atoms with E-state index in [4.69, 9.17) is 14.2 Å². The van der Waals surface area contributed by atoms with Gasteiger partial charge in [-0.3, -0.25) is 4.79 Å². The Bertz CT molecular complexity index is 801. The highest BCUT2D eigenvalue weighted by molar-refractivity contribution is 7.17. The van der Waals surface area contributed by atoms with Crippen molar-refractivity contribution in [3.63, 3.8) is 0 Å². The average molecular weight is 373 g/mol. The number of hydrazone groups is 1. The van der Waals surface area contributed by atoms with E-state index in [1.165, 1.54) is 5.00 Å². The van der Waals surface area contributed by atoms with Gasteiger partial charge in [0, 0.05) is 18.0 Å². The third-order valence-corrected chi connectivity index (χ3v) is 5.18. The van der Waals surface area contributed by atoms with Gasteiger partial charge in [0.15, 0.2) is 11.5 Å². The number of carbonyl (C=O) groups is 1. The second-order valence-electron chi connectivity index (χ2n) is 5.87. The van der Waals surface area contributed by atoms with Crippen LogP contribution in [0.1, 0.15) is 4.88 Å². The maximum absolute atomic E-state index is 12.2. The highest BCUT2D eigenvalue weighted by Gasteiger charge is 2.27. The molecule has 1 fully saturated rings. The summed E-state index contributed by atoms with van der Waals surface area (Å²) in [5, 5.41) is 5.22. The van der Waals surface area contributed by atoms with E-state index in [0.717, 1.165) is 31.2 Å². The molecule has 2 aliphatic rings. The molecule has 2 aromatic rings. The fourth-order valence-corrected chi connectivity index (χ4v) is 3.68. The minimum Gasteiger partial charge on any atom is -0.485 e. The summed E-state index contributed by atoms with van der Waals surface area (Å²) in [5.41, 5.74) is 2.52. The molecular weight excluding hydrogens is 354 g/mol. The number of hydrogen-bond donors (Lipinski definition) is 1. The SMILES string of the molecule is O=C(N/N=C\c1ccc(N2CCOCC2)s1)[C@H]1COc2ccccc2O1. The van der Waals surface area contributed by atoms with Crippen molar-refractivity contribution in [2.24, 2.45) is 5.10 Å². The number of ether oxygens (including phenoxy) is 3. The Morgan fingerprint density at radius 2 is 2.00 bits per heavy atom. The molecule has 8 heteroatoms. The monoisotopic (exact) mass is 373 g/mol. The number of rotatable bonds is 4. The van der Waals surface area contributed by atoms with Crippen molar-refractivity contribution in [3.8, 4) is 11.5 Å². The molecule has 136 valence electrons. The van der Waals surface area contributed by atoms with Gasteiger partial charge in [0.2, 0.25) is 6.10 Å². The highest BCUT2D eigenvalue weighted by atomic mass is 32.1. The molecule has 0 radical (unpaired) electrons. The Kier molecular flexibility index (Phi) is 5.03. The smallest absolute Gasteiger partial charge is 0.284 e. The average Bonchev–Trinajstić information content (AvgIpc) is 3.17. The first kappa shape index (κ1) is 16.9. The lowest BCUT2D eigenvalue weighted by molar-refractivity contribution is -0.130. The molecule has 4 rings (SSSR count). The van der Waals surface area contributed by atoms with Crippen LogP contribution in [0.25, 0.3) is 0 Å². The molecule has 0 aliphatic carbocycles. The van der Waals surface area contributed by atoms with Crippen LogP contribution in [0.5, 0.6) is 11.5 Å². The number of morpholine rings is 1. The van der Waals surface area contributed by atoms with Gasteiger partial charge < -0.3 is 19.1 Å². The molecule has 3 heterocycles. The second-order valence-corrected chi connectivity index (χ2v) is 6.97. The van der Waals surface area contributed by atoms with Crippen LogP contribution in [-0.4, -0.2) is 51.1 Å². The lowest BCUT2D eigenvalue weighted by Crippen LogP contribution is -2.42. The third kappa shape index (κ3) is 3.81. The van der Waals surface area contributed by atoms with Crippen LogP contribution in [0, 0.1) is 0 Å². The number of nitrogens with zero attached hydrogens (tertiary/aromatic N) is 2. The van der Waals surface area contributed by atoms with Crippen LogP contribution in [-0.2, 0) is 9.53 Å². The van der Waals surface area contributed by atoms with Gasteiger partial charge in [-0.05, 0) is 24.3 Å². The van der Waals surface area contributed by atoms with Crippen molar-refractivity contribution in [2.75, 3.05) is 37.8 Å². The minimum absolute atomic E-state index is 0.165. The van der Waals surface area contributed by atoms with E-state index in [-0.39, 0.29) is 12.5 Å². The summed E-state index contributed by atoms with van der Waals surface area (Å²) in [4.78, 5) is 15.5. The summed E-state index contributed by atoms with van der Waals surface area (Å²) in [7, 11) is 0. The molecule has 2 aliphatic heterocycles. The topological polar surface area (TPSA) is 72.4 Å². The van der Waals surface area contributed by atoms with Gasteiger partial charge in [0.1, 0.15) is 6.61 Å². The first-order chi connectivity index (χ1) is 12.8. The first-order valence-corrected chi connectivity index (χ1v) is 9.25. The van der Waals surface area contributed by atoms with Crippen molar-refractivity contribution >= 4 is 28.5 Å². The Balaban J connectivity index is 1.31. The summed E-state index contributed by atoms with van der Waals surface area (Å²) < 4.78 is 16.6. The molecule has 1 atom stereocenters. The van der Waals surface area contributed by atoms with Gasteiger partial charge in [-0.1, -0.05) is 12.1 Å². The fraction of sp³-hybridized carbons (Fsp3) is 0.333. The van der Waals surface area contributed by atoms with Gasteiger partial charge in [0.25, 0.3) is 5.91 Å². The molecule has 1 saturated heterocycles. The summed E-state index contributed by atoms with van der Waals surface area (Å²) in [6, 6.07) is 11.3. The van der Waals surface area contributed by atoms with Crippen LogP contribution in [0.4, 0.5) is 5.00 Å². The Morgan fingerprint density at radius 1 is 1.19 bits per heavy atom. The van der Waals surface area contributed by atoms with E-state index in [2.05, 4.69) is 21.5 Å². The van der Waals surface area contributed by atoms with E-state index in [0.29, 0.717) is 11.5 Å². The van der Waals surface area contributed by atoms with E-state index in [9.17, 15) is 4.79 Å². The van der Waals surface area contributed by atoms with Crippen molar-refractivity contribution in [2.45, 2.75) is 6.10 Å². The van der Waals surface area contributed by atoms with Crippen molar-refractivity contribution in [1.82, 2.24) is 5.43 Å². The Morgan fingerprint density at radius 3 is 2.85 bits per heavy atom. The maximum Gasteiger partial charge on any atom is 0.284 e. The van der Waals surface area contributed by atoms with Crippen LogP contribution in [0.3, 0.4) is 0 Å². The molecular formula is C18H19N3O4S. The largest absolute Gasteiger partial charge is 0.485 e. The van der Waals surface area contributed by atoms with Crippen LogP contribution >= 0.6 is 11.3 Å². The van der Waals surface area contributed by atoms with E-state index >= 15 is 0 Å². The summed E-state index contributed by atoms with van der Waals surface area (Å²) in [6.07, 6.45) is 0.929. The van der Waals surface area contributed by atoms with Crippen molar-refractivity contribution in [1.29, 1.82) is 0 Å². The zero-order chi connectivity index (χ0) is 17.8. The predicted octanol–water partition coefficient (Wildman–Crippen LogP) is 1.87. The normalized spacial score (nSPS) is 19.5. The predicted molar refractivity (Wildman–Crippen MR) is 99.4 cm³/mol. The number of benzene rings is 1. The number of amides is 1. The van der Waals surface area contributed by atoms with E-state index in [1.807, 2.05) is 24.3 Å². The summed E-state index contributed by atoms with van der Waals surface area (Å²) >= 11 is 1.63. The quantitative estimate of drug-likeness (QED) is 0.654. The number of nitrogens with one attached hydrogen (secondary N) is 1. The van der Waals surface area contributed by atoms with Gasteiger partial charge in [-0.15, -0.1) is 11.3 Å². The number of hydrogen-bond acceptors (Lipinski definition) is 7. The van der Waals surface area contributed by atoms with Gasteiger partial charge in [0.05, 0.1) is 24.4 Å². The molecule has 0 spiro atoms. The molecule has 0 saturated carbocycles. The lowest BCUT2D eigenvalue weighted by atomic mass is 10.2. The van der Waals surface area contributed by atoms with Crippen LogP contribution in [0.2, 0.25) is 0 Å². The van der Waals surface area contributed by atoms with Crippen LogP contribution in [0.15, 0.2) is 41.5 Å². The first-order valence-electron chi connectivity index (χ1n) is 8.43. The Hall–Kier alpha value is -2.58. The van der Waals surface area contributed by atoms with E-state index < -0.39 is 6.10 Å². The molecule has 1 amide bonds. The number of para-hydroxylation sites is 2. The van der Waals surface area contributed by atoms with E-state index in [1.54, 1.807) is 23.6 Å². The number of thiophene rings is 1. The van der Waals surface area contributed by atoms with Crippen molar-refractivity contribution < 1.29 is 19.0 Å². The number of carbonyl (C=O) groups excluding carboxylic acids is 1. The molecule has 0 unspecified atom stereocenters. The van der Waals surface area contributed by atoms with Crippen LogP contribution < -0.4 is 19.8 Å². The van der Waals surface area contributed by atoms with Gasteiger partial charge in [-0.2, -0.15) is 5.10 Å². The standard InChI is InChI=1S/C18H19N3O4S/c22-18(16-12-24-14-3-1-2-4-15(14)25-16)20-19-11-13-5-6-17(26-13)21-7-9-23-10-8-21/h1-6,11,16H,7-10,12H2,(H,20,22)/b19-11-/t16-/m1/s1. The van der Waals surface area contributed by atoms with Gasteiger partial charge >= 0.3 is 0 Å². The maximum atomic E-state index is 12.2. The third-order valence-electron chi connectivity index (χ3n) is 4.10. The zero-order valence-corrected chi connectivity index (χ0v) is 14.9. The summed E-state index contributed by atoms with van der Waals surface area (Å²) in [6.45, 7) is 3.47. The summed E-state index contributed by atoms with van der Waals surface area (Å²) in [5.74, 6) is 0.881. The Labute approximate surface area is 155 Å². The minimum atomic E-state index is -0.714. The highest BCUT2D eigenvalue weighted by Crippen LogP contribution is 2.30. The number of fused-ring (bicyclic) bond motifs is 1. The molecule has 1 N–H and O–H groups in total. The molecule has 1 aromatic heterocycles. The molecule has 0 bridgehead atoms. The zero-order valence-electron chi connectivity index (χ0n) is 14.1. The second kappa shape index (κ2) is 7.76.